The highest BCUT2D eigenvalue weighted by Crippen LogP contribution is 2.63. The molecule has 1 aromatic rings. The summed E-state index contributed by atoms with van der Waals surface area (Å²) in [4.78, 5) is 0. The van der Waals surface area contributed by atoms with Crippen LogP contribution in [-0.4, -0.2) is 28.5 Å². The summed E-state index contributed by atoms with van der Waals surface area (Å²) in [5.41, 5.74) is 9.64. The molecule has 146 valence electrons. The van der Waals surface area contributed by atoms with Gasteiger partial charge in [-0.05, 0) is 91.1 Å². The molecular formula is C22H37N3O. The van der Waals surface area contributed by atoms with Crippen LogP contribution in [0.4, 0.5) is 0 Å². The molecule has 2 fully saturated rings. The van der Waals surface area contributed by atoms with Gasteiger partial charge in [0, 0.05) is 12.3 Å². The number of hydrogen-bond acceptors (Lipinski definition) is 3. The molecule has 7 atom stereocenters. The lowest BCUT2D eigenvalue weighted by Gasteiger charge is -2.56. The number of aromatic nitrogens is 2. The third-order valence-corrected chi connectivity index (χ3v) is 9.23. The average Bonchev–Trinajstić information content (AvgIpc) is 3.22. The zero-order valence-corrected chi connectivity index (χ0v) is 16.8. The Labute approximate surface area is 158 Å². The summed E-state index contributed by atoms with van der Waals surface area (Å²) in [5.74, 6) is 3.15. The van der Waals surface area contributed by atoms with Crippen molar-refractivity contribution in [2.24, 2.45) is 46.2 Å². The standard InChI is InChI=1S/C22H37N3O/c1-4-15-5-6-18-17(11-23)19(7-8-21(15,18)2)22(3)10-14-12-24-25-20(14)9-16(22)13-26/h12,15-19,26H,4-11,13,23H2,1-3H3,(H,24,25)/t15-,16+,17-,18-,19-,21+,22-/m0/s1. The van der Waals surface area contributed by atoms with Crippen molar-refractivity contribution in [1.29, 1.82) is 0 Å². The second-order valence-corrected chi connectivity index (χ2v) is 9.98. The maximum absolute atomic E-state index is 10.2. The number of fused-ring (bicyclic) bond motifs is 2. The fourth-order valence-electron chi connectivity index (χ4n) is 7.62. The van der Waals surface area contributed by atoms with Crippen LogP contribution in [0.25, 0.3) is 0 Å². The molecule has 0 saturated heterocycles. The summed E-state index contributed by atoms with van der Waals surface area (Å²) in [5, 5.41) is 17.7. The van der Waals surface area contributed by atoms with Crippen molar-refractivity contribution < 1.29 is 5.11 Å². The van der Waals surface area contributed by atoms with Gasteiger partial charge in [0.25, 0.3) is 0 Å². The van der Waals surface area contributed by atoms with Gasteiger partial charge in [-0.1, -0.05) is 27.2 Å². The van der Waals surface area contributed by atoms with E-state index in [0.717, 1.165) is 31.2 Å². The summed E-state index contributed by atoms with van der Waals surface area (Å²) in [6.45, 7) is 8.42. The number of hydrogen-bond donors (Lipinski definition) is 3. The molecule has 2 saturated carbocycles. The molecule has 0 unspecified atom stereocenters. The van der Waals surface area contributed by atoms with E-state index >= 15 is 0 Å². The number of H-pyrrole nitrogens is 1. The van der Waals surface area contributed by atoms with Gasteiger partial charge in [-0.2, -0.15) is 5.10 Å². The van der Waals surface area contributed by atoms with Crippen LogP contribution in [0.2, 0.25) is 0 Å². The van der Waals surface area contributed by atoms with E-state index in [1.807, 2.05) is 6.20 Å². The van der Waals surface area contributed by atoms with E-state index in [9.17, 15) is 5.11 Å². The van der Waals surface area contributed by atoms with Gasteiger partial charge in [-0.15, -0.1) is 0 Å². The van der Waals surface area contributed by atoms with Crippen molar-refractivity contribution in [2.75, 3.05) is 13.2 Å². The van der Waals surface area contributed by atoms with Crippen molar-refractivity contribution in [3.8, 4) is 0 Å². The zero-order chi connectivity index (χ0) is 18.5. The van der Waals surface area contributed by atoms with Gasteiger partial charge in [0.15, 0.2) is 0 Å². The van der Waals surface area contributed by atoms with E-state index in [2.05, 4.69) is 31.0 Å². The van der Waals surface area contributed by atoms with Gasteiger partial charge >= 0.3 is 0 Å². The predicted molar refractivity (Wildman–Crippen MR) is 105 cm³/mol. The van der Waals surface area contributed by atoms with Crippen molar-refractivity contribution in [2.45, 2.75) is 65.7 Å². The van der Waals surface area contributed by atoms with Crippen molar-refractivity contribution >= 4 is 0 Å². The van der Waals surface area contributed by atoms with Crippen LogP contribution >= 0.6 is 0 Å². The minimum absolute atomic E-state index is 0.126. The maximum atomic E-state index is 10.2. The molecule has 0 aromatic carbocycles. The first-order valence-corrected chi connectivity index (χ1v) is 10.8. The first kappa shape index (κ1) is 18.5. The summed E-state index contributed by atoms with van der Waals surface area (Å²) in [7, 11) is 0. The Kier molecular flexibility index (Phi) is 4.71. The number of aliphatic hydroxyl groups excluding tert-OH is 1. The number of nitrogens with one attached hydrogen (secondary N) is 1. The number of aromatic amines is 1. The summed E-state index contributed by atoms with van der Waals surface area (Å²) in [6.07, 6.45) is 10.6. The lowest BCUT2D eigenvalue weighted by molar-refractivity contribution is -0.0708. The lowest BCUT2D eigenvalue weighted by atomic mass is 9.49. The van der Waals surface area contributed by atoms with Crippen molar-refractivity contribution in [1.82, 2.24) is 10.2 Å². The second kappa shape index (κ2) is 6.63. The molecule has 0 spiro atoms. The van der Waals surface area contributed by atoms with Gasteiger partial charge in [-0.3, -0.25) is 5.10 Å². The second-order valence-electron chi connectivity index (χ2n) is 9.98. The Morgan fingerprint density at radius 2 is 1.96 bits per heavy atom. The van der Waals surface area contributed by atoms with Crippen LogP contribution in [-0.2, 0) is 12.8 Å². The molecule has 3 aliphatic rings. The Morgan fingerprint density at radius 3 is 2.65 bits per heavy atom. The monoisotopic (exact) mass is 359 g/mol. The van der Waals surface area contributed by atoms with Crippen LogP contribution in [0.3, 0.4) is 0 Å². The van der Waals surface area contributed by atoms with E-state index < -0.39 is 0 Å². The molecule has 0 aliphatic heterocycles. The molecule has 0 bridgehead atoms. The molecule has 0 amide bonds. The molecule has 4 nitrogen and oxygen atoms in total. The zero-order valence-electron chi connectivity index (χ0n) is 16.8. The summed E-state index contributed by atoms with van der Waals surface area (Å²) >= 11 is 0. The molecule has 1 heterocycles. The highest BCUT2D eigenvalue weighted by atomic mass is 16.3. The van der Waals surface area contributed by atoms with Crippen molar-refractivity contribution in [3.05, 3.63) is 17.5 Å². The van der Waals surface area contributed by atoms with Crippen LogP contribution < -0.4 is 5.73 Å². The fourth-order valence-corrected chi connectivity index (χ4v) is 7.62. The first-order chi connectivity index (χ1) is 12.5. The lowest BCUT2D eigenvalue weighted by Crippen LogP contribution is -2.53. The topological polar surface area (TPSA) is 74.9 Å². The molecule has 3 aliphatic carbocycles. The third-order valence-electron chi connectivity index (χ3n) is 9.23. The van der Waals surface area contributed by atoms with E-state index in [-0.39, 0.29) is 12.0 Å². The van der Waals surface area contributed by atoms with E-state index in [1.54, 1.807) is 0 Å². The van der Waals surface area contributed by atoms with Crippen LogP contribution in [0.15, 0.2) is 6.20 Å². The van der Waals surface area contributed by atoms with Gasteiger partial charge in [-0.25, -0.2) is 0 Å². The van der Waals surface area contributed by atoms with Crippen molar-refractivity contribution in [3.63, 3.8) is 0 Å². The fraction of sp³-hybridized carbons (Fsp3) is 0.864. The molecule has 4 heteroatoms. The number of aliphatic hydroxyl groups is 1. The maximum Gasteiger partial charge on any atom is 0.0522 e. The predicted octanol–water partition coefficient (Wildman–Crippen LogP) is 3.55. The number of rotatable bonds is 4. The average molecular weight is 360 g/mol. The summed E-state index contributed by atoms with van der Waals surface area (Å²) in [6, 6.07) is 0. The smallest absolute Gasteiger partial charge is 0.0522 e. The highest BCUT2D eigenvalue weighted by molar-refractivity contribution is 5.25. The van der Waals surface area contributed by atoms with Gasteiger partial charge in [0.1, 0.15) is 0 Å². The van der Waals surface area contributed by atoms with Gasteiger partial charge in [0.2, 0.25) is 0 Å². The van der Waals surface area contributed by atoms with Crippen LogP contribution in [0, 0.1) is 40.4 Å². The van der Waals surface area contributed by atoms with E-state index in [0.29, 0.717) is 23.2 Å². The first-order valence-electron chi connectivity index (χ1n) is 10.8. The Bertz CT molecular complexity index is 643. The number of nitrogens with zero attached hydrogens (tertiary/aromatic N) is 1. The Balaban J connectivity index is 1.67. The molecule has 0 radical (unpaired) electrons. The third kappa shape index (κ3) is 2.51. The quantitative estimate of drug-likeness (QED) is 0.769. The van der Waals surface area contributed by atoms with E-state index in [4.69, 9.17) is 5.73 Å². The molecule has 4 rings (SSSR count). The van der Waals surface area contributed by atoms with Gasteiger partial charge in [0.05, 0.1) is 6.20 Å². The molecule has 4 N–H and O–H groups in total. The normalized spacial score (nSPS) is 45.3. The minimum Gasteiger partial charge on any atom is -0.396 e. The van der Waals surface area contributed by atoms with E-state index in [1.165, 1.54) is 43.4 Å². The van der Waals surface area contributed by atoms with Crippen LogP contribution in [0.5, 0.6) is 0 Å². The molecular weight excluding hydrogens is 322 g/mol. The minimum atomic E-state index is 0.126. The number of nitrogens with two attached hydrogens (primary N) is 1. The van der Waals surface area contributed by atoms with Crippen LogP contribution in [0.1, 0.15) is 64.1 Å². The summed E-state index contributed by atoms with van der Waals surface area (Å²) < 4.78 is 0. The highest BCUT2D eigenvalue weighted by Gasteiger charge is 2.57. The Hall–Kier alpha value is -0.870. The molecule has 1 aromatic heterocycles. The Morgan fingerprint density at radius 1 is 1.19 bits per heavy atom. The SMILES string of the molecule is CC[C@H]1CC[C@H]2[C@H](CN)[C@@H]([C@@]3(C)Cc4cn[nH]c4C[C@@H]3CO)CC[C@]12C. The van der Waals surface area contributed by atoms with Gasteiger partial charge < -0.3 is 10.8 Å². The molecule has 26 heavy (non-hydrogen) atoms. The largest absolute Gasteiger partial charge is 0.396 e.